The van der Waals surface area contributed by atoms with E-state index in [4.69, 9.17) is 10.2 Å². The number of hydrogen-bond acceptors (Lipinski definition) is 11. The fraction of sp³-hybridized carbons (Fsp3) is 0.500. The van der Waals surface area contributed by atoms with E-state index >= 15 is 0 Å². The third kappa shape index (κ3) is 3.85. The summed E-state index contributed by atoms with van der Waals surface area (Å²) in [6, 6.07) is 0.858. The second-order valence-corrected chi connectivity index (χ2v) is 11.2. The minimum Gasteiger partial charge on any atom is -0.510 e. The van der Waals surface area contributed by atoms with Gasteiger partial charge in [0.05, 0.1) is 18.2 Å². The summed E-state index contributed by atoms with van der Waals surface area (Å²) in [6.45, 7) is 3.17. The Kier molecular flexibility index (Phi) is 6.76. The number of aromatic nitrogens is 1. The number of ketones is 2. The Hall–Kier alpha value is -3.74. The van der Waals surface area contributed by atoms with Gasteiger partial charge in [0.2, 0.25) is 11.7 Å². The lowest BCUT2D eigenvalue weighted by molar-refractivity contribution is -0.148. The SMILES string of the molecule is CCCNCc1nc2cc(N(C)C)c3c(c2o1)C(=O)C1=C(O)[C@]2(O)C(=O)C(C(N)=O)=C(O)[C@@H](N(C)C)[C@@H]2C[C@@H]1C3. The molecule has 5 rings (SSSR count). The van der Waals surface area contributed by atoms with E-state index in [0.717, 1.165) is 18.7 Å². The van der Waals surface area contributed by atoms with Gasteiger partial charge in [-0.15, -0.1) is 0 Å². The topological polar surface area (TPSA) is 182 Å². The zero-order chi connectivity index (χ0) is 29.3. The van der Waals surface area contributed by atoms with Crippen LogP contribution in [0.3, 0.4) is 0 Å². The van der Waals surface area contributed by atoms with E-state index in [1.54, 1.807) is 19.0 Å². The molecule has 0 bridgehead atoms. The molecule has 0 saturated heterocycles. The van der Waals surface area contributed by atoms with Crippen molar-refractivity contribution >= 4 is 34.3 Å². The average molecular weight is 554 g/mol. The van der Waals surface area contributed by atoms with Crippen molar-refractivity contribution < 1.29 is 34.1 Å². The predicted molar refractivity (Wildman–Crippen MR) is 146 cm³/mol. The maximum Gasteiger partial charge on any atom is 0.255 e. The van der Waals surface area contributed by atoms with Crippen LogP contribution >= 0.6 is 0 Å². The van der Waals surface area contributed by atoms with Crippen molar-refractivity contribution in [3.63, 3.8) is 0 Å². The van der Waals surface area contributed by atoms with Crippen LogP contribution in [0.5, 0.6) is 0 Å². The molecule has 12 heteroatoms. The molecule has 0 fully saturated rings. The molecular weight excluding hydrogens is 518 g/mol. The molecular formula is C28H35N5O7. The summed E-state index contributed by atoms with van der Waals surface area (Å²) in [5.41, 5.74) is 4.32. The molecule has 6 N–H and O–H groups in total. The first-order chi connectivity index (χ1) is 18.8. The lowest BCUT2D eigenvalue weighted by Crippen LogP contribution is -2.63. The summed E-state index contributed by atoms with van der Waals surface area (Å²) in [5.74, 6) is -5.63. The molecule has 1 aromatic carbocycles. The number of oxazole rings is 1. The molecule has 3 aliphatic rings. The van der Waals surface area contributed by atoms with Gasteiger partial charge in [-0.25, -0.2) is 4.98 Å². The van der Waals surface area contributed by atoms with Gasteiger partial charge in [-0.3, -0.25) is 19.3 Å². The number of hydrogen-bond donors (Lipinski definition) is 5. The Morgan fingerprint density at radius 2 is 1.95 bits per heavy atom. The minimum atomic E-state index is -2.63. The first-order valence-corrected chi connectivity index (χ1v) is 13.3. The summed E-state index contributed by atoms with van der Waals surface area (Å²) in [6.07, 6.45) is 1.32. The standard InChI is InChI=1S/C28H35N5O7/c1-6-7-30-11-17-31-15-10-16(32(2)3)13-8-12-9-14-21(33(4)5)23(35)20(27(29)38)26(37)28(14,39)25(36)18(12)22(34)19(13)24(15)40-17/h10,12,14,21,30,35-36,39H,6-9,11H2,1-5H3,(H2,29,38)/t12-,14-,21-,28-/m0/s1. The number of nitrogens with zero attached hydrogens (tertiary/aromatic N) is 3. The molecule has 214 valence electrons. The van der Waals surface area contributed by atoms with Crippen molar-refractivity contribution in [2.75, 3.05) is 39.6 Å². The predicted octanol–water partition coefficient (Wildman–Crippen LogP) is 1.12. The molecule has 0 radical (unpaired) electrons. The largest absolute Gasteiger partial charge is 0.510 e. The molecule has 0 aliphatic heterocycles. The maximum absolute atomic E-state index is 14.2. The van der Waals surface area contributed by atoms with Crippen LogP contribution in [0.15, 0.2) is 33.1 Å². The fourth-order valence-corrected chi connectivity index (χ4v) is 6.58. The van der Waals surface area contributed by atoms with Gasteiger partial charge in [-0.2, -0.15) is 0 Å². The van der Waals surface area contributed by atoms with Crippen LogP contribution in [0.4, 0.5) is 5.69 Å². The second-order valence-electron chi connectivity index (χ2n) is 11.2. The number of carbonyl (C=O) groups is 3. The minimum absolute atomic E-state index is 0.0826. The number of benzene rings is 1. The first-order valence-electron chi connectivity index (χ1n) is 13.3. The Morgan fingerprint density at radius 1 is 1.25 bits per heavy atom. The summed E-state index contributed by atoms with van der Waals surface area (Å²) in [5, 5.41) is 37.5. The Labute approximate surface area is 231 Å². The van der Waals surface area contributed by atoms with Gasteiger partial charge in [0.15, 0.2) is 17.0 Å². The van der Waals surface area contributed by atoms with Crippen LogP contribution < -0.4 is 16.0 Å². The number of anilines is 1. The number of nitrogens with one attached hydrogen (secondary N) is 1. The summed E-state index contributed by atoms with van der Waals surface area (Å²) >= 11 is 0. The van der Waals surface area contributed by atoms with Crippen molar-refractivity contribution in [2.45, 2.75) is 44.4 Å². The number of carbonyl (C=O) groups excluding carboxylic acids is 3. The molecule has 1 aromatic heterocycles. The summed E-state index contributed by atoms with van der Waals surface area (Å²) in [4.78, 5) is 47.9. The number of aliphatic hydroxyl groups is 3. The quantitative estimate of drug-likeness (QED) is 0.245. The molecule has 1 amide bonds. The molecule has 0 unspecified atom stereocenters. The van der Waals surface area contributed by atoms with E-state index in [1.807, 2.05) is 32.0 Å². The van der Waals surface area contributed by atoms with E-state index < -0.39 is 58.0 Å². The number of allylic oxidation sites excluding steroid dienone is 1. The van der Waals surface area contributed by atoms with Crippen molar-refractivity contribution in [3.05, 3.63) is 45.7 Å². The number of likely N-dealkylation sites (N-methyl/N-ethyl adjacent to an activating group) is 1. The lowest BCUT2D eigenvalue weighted by atomic mass is 9.58. The second kappa shape index (κ2) is 9.72. The molecule has 0 saturated carbocycles. The average Bonchev–Trinajstić information content (AvgIpc) is 3.28. The highest BCUT2D eigenvalue weighted by atomic mass is 16.4. The van der Waals surface area contributed by atoms with Gasteiger partial charge < -0.3 is 35.7 Å². The number of amides is 1. The van der Waals surface area contributed by atoms with Gasteiger partial charge in [0, 0.05) is 31.3 Å². The van der Waals surface area contributed by atoms with E-state index in [1.165, 1.54) is 0 Å². The Bertz CT molecular complexity index is 1500. The normalized spacial score (nSPS) is 26.3. The molecule has 4 atom stereocenters. The van der Waals surface area contributed by atoms with E-state index in [-0.39, 0.29) is 23.1 Å². The zero-order valence-corrected chi connectivity index (χ0v) is 23.2. The smallest absolute Gasteiger partial charge is 0.255 e. The number of nitrogens with two attached hydrogens (primary N) is 1. The molecule has 0 spiro atoms. The number of rotatable bonds is 7. The van der Waals surface area contributed by atoms with E-state index in [0.29, 0.717) is 29.9 Å². The van der Waals surface area contributed by atoms with Gasteiger partial charge in [-0.05, 0) is 57.5 Å². The number of fused-ring (bicyclic) bond motifs is 5. The van der Waals surface area contributed by atoms with Crippen LogP contribution in [0.1, 0.15) is 41.6 Å². The molecule has 3 aliphatic carbocycles. The van der Waals surface area contributed by atoms with E-state index in [2.05, 4.69) is 10.3 Å². The van der Waals surface area contributed by atoms with Crippen LogP contribution in [0.25, 0.3) is 11.1 Å². The monoisotopic (exact) mass is 553 g/mol. The van der Waals surface area contributed by atoms with Crippen LogP contribution in [-0.4, -0.2) is 89.1 Å². The van der Waals surface area contributed by atoms with Gasteiger partial charge in [0.25, 0.3) is 5.91 Å². The van der Waals surface area contributed by atoms with Crippen LogP contribution in [0.2, 0.25) is 0 Å². The number of aliphatic hydroxyl groups excluding tert-OH is 2. The van der Waals surface area contributed by atoms with Gasteiger partial charge in [-0.1, -0.05) is 6.92 Å². The lowest BCUT2D eigenvalue weighted by Gasteiger charge is -2.50. The van der Waals surface area contributed by atoms with Crippen molar-refractivity contribution in [3.8, 4) is 0 Å². The summed E-state index contributed by atoms with van der Waals surface area (Å²) < 4.78 is 6.04. The first kappa shape index (κ1) is 27.8. The zero-order valence-electron chi connectivity index (χ0n) is 23.2. The van der Waals surface area contributed by atoms with Crippen molar-refractivity contribution in [1.82, 2.24) is 15.2 Å². The third-order valence-corrected chi connectivity index (χ3v) is 8.31. The molecule has 40 heavy (non-hydrogen) atoms. The number of Topliss-reactive ketones (excluding diaryl/α,β-unsaturated/α-hetero) is 2. The third-order valence-electron chi connectivity index (χ3n) is 8.31. The maximum atomic E-state index is 14.2. The highest BCUT2D eigenvalue weighted by Gasteiger charge is 2.63. The molecule has 12 nitrogen and oxygen atoms in total. The Balaban J connectivity index is 1.72. The summed E-state index contributed by atoms with van der Waals surface area (Å²) in [7, 11) is 6.94. The van der Waals surface area contributed by atoms with Gasteiger partial charge in [0.1, 0.15) is 22.6 Å². The van der Waals surface area contributed by atoms with E-state index in [9.17, 15) is 29.7 Å². The van der Waals surface area contributed by atoms with Crippen LogP contribution in [-0.2, 0) is 22.6 Å². The highest BCUT2D eigenvalue weighted by Crippen LogP contribution is 2.53. The molecule has 1 heterocycles. The Morgan fingerprint density at radius 3 is 2.55 bits per heavy atom. The van der Waals surface area contributed by atoms with Crippen LogP contribution in [0, 0.1) is 11.8 Å². The van der Waals surface area contributed by atoms with Crippen molar-refractivity contribution in [2.24, 2.45) is 17.6 Å². The fourth-order valence-electron chi connectivity index (χ4n) is 6.58. The van der Waals surface area contributed by atoms with Gasteiger partial charge >= 0.3 is 0 Å². The van der Waals surface area contributed by atoms with Crippen molar-refractivity contribution in [1.29, 1.82) is 0 Å². The number of primary amides is 1. The molecule has 2 aromatic rings. The highest BCUT2D eigenvalue weighted by molar-refractivity contribution is 6.25.